The fourth-order valence-corrected chi connectivity index (χ4v) is 3.82. The minimum Gasteiger partial charge on any atom is -0.480 e. The van der Waals surface area contributed by atoms with E-state index in [0.29, 0.717) is 16.7 Å². The number of hydrogen-bond donors (Lipinski definition) is 2. The molecule has 2 aromatic carbocycles. The van der Waals surface area contributed by atoms with Crippen LogP contribution in [-0.2, 0) is 15.0 Å². The molecule has 0 heterocycles. The Labute approximate surface area is 134 Å². The van der Waals surface area contributed by atoms with E-state index in [-0.39, 0.29) is 0 Å². The summed E-state index contributed by atoms with van der Waals surface area (Å²) in [5.41, 5.74) is 3.86. The molecule has 0 saturated heterocycles. The van der Waals surface area contributed by atoms with Gasteiger partial charge in [-0.25, -0.2) is 0 Å². The lowest BCUT2D eigenvalue weighted by Crippen LogP contribution is -2.44. The average Bonchev–Trinajstić information content (AvgIpc) is 2.83. The molecule has 0 radical (unpaired) electrons. The lowest BCUT2D eigenvalue weighted by Gasteiger charge is -2.25. The Morgan fingerprint density at radius 2 is 1.35 bits per heavy atom. The Morgan fingerprint density at radius 3 is 1.91 bits per heavy atom. The van der Waals surface area contributed by atoms with Crippen molar-refractivity contribution in [3.05, 3.63) is 57.6 Å². The quantitative estimate of drug-likeness (QED) is 0.834. The Balaban J connectivity index is 2.64. The number of fused-ring (bicyclic) bond motifs is 3. The molecule has 0 spiro atoms. The van der Waals surface area contributed by atoms with Gasteiger partial charge >= 0.3 is 11.9 Å². The van der Waals surface area contributed by atoms with Crippen LogP contribution in [0.3, 0.4) is 0 Å². The normalized spacial score (nSPS) is 14.3. The van der Waals surface area contributed by atoms with Gasteiger partial charge in [0.1, 0.15) is 0 Å². The third-order valence-electron chi connectivity index (χ3n) is 5.30. The predicted octanol–water partition coefficient (Wildman–Crippen LogP) is 3.36. The molecular formula is C19H18O4. The number of benzene rings is 2. The lowest BCUT2D eigenvalue weighted by atomic mass is 9.75. The lowest BCUT2D eigenvalue weighted by molar-refractivity contribution is -0.154. The highest BCUT2D eigenvalue weighted by atomic mass is 16.4. The van der Waals surface area contributed by atoms with Gasteiger partial charge < -0.3 is 10.2 Å². The standard InChI is InChI=1S/C19H18O4/c1-9-10(2)12(4)16-15(11(9)3)13-7-5-6-8-14(13)19(16,17(20)21)18(22)23/h5-8H,1-4H3,(H,20,21)(H,22,23). The summed E-state index contributed by atoms with van der Waals surface area (Å²) < 4.78 is 0. The molecule has 2 aromatic rings. The first kappa shape index (κ1) is 15.3. The molecule has 0 unspecified atom stereocenters. The van der Waals surface area contributed by atoms with E-state index < -0.39 is 17.4 Å². The molecule has 1 aliphatic rings. The molecule has 118 valence electrons. The Kier molecular flexibility index (Phi) is 3.11. The first-order valence-corrected chi connectivity index (χ1v) is 7.43. The van der Waals surface area contributed by atoms with Crippen LogP contribution in [0.1, 0.15) is 33.4 Å². The SMILES string of the molecule is Cc1c(C)c(C)c2c(c1C)-c1ccccc1C2(C(=O)O)C(=O)O. The summed E-state index contributed by atoms with van der Waals surface area (Å²) in [4.78, 5) is 24.3. The molecule has 0 bridgehead atoms. The van der Waals surface area contributed by atoms with Crippen LogP contribution in [0, 0.1) is 27.7 Å². The van der Waals surface area contributed by atoms with Crippen molar-refractivity contribution in [1.29, 1.82) is 0 Å². The van der Waals surface area contributed by atoms with Crippen molar-refractivity contribution >= 4 is 11.9 Å². The van der Waals surface area contributed by atoms with Crippen LogP contribution in [0.5, 0.6) is 0 Å². The summed E-state index contributed by atoms with van der Waals surface area (Å²) in [6, 6.07) is 6.92. The molecule has 0 aliphatic heterocycles. The first-order chi connectivity index (χ1) is 10.8. The topological polar surface area (TPSA) is 74.6 Å². The maximum atomic E-state index is 12.2. The number of carbonyl (C=O) groups is 2. The first-order valence-electron chi connectivity index (χ1n) is 7.43. The summed E-state index contributed by atoms with van der Waals surface area (Å²) >= 11 is 0. The Bertz CT molecular complexity index is 863. The molecule has 0 atom stereocenters. The molecule has 3 rings (SSSR count). The van der Waals surface area contributed by atoms with Crippen LogP contribution < -0.4 is 0 Å². The number of hydrogen-bond acceptors (Lipinski definition) is 2. The highest BCUT2D eigenvalue weighted by Crippen LogP contribution is 2.53. The fraction of sp³-hybridized carbons (Fsp3) is 0.263. The van der Waals surface area contributed by atoms with Crippen LogP contribution in [-0.4, -0.2) is 22.2 Å². The average molecular weight is 310 g/mol. The maximum absolute atomic E-state index is 12.2. The maximum Gasteiger partial charge on any atom is 0.330 e. The van der Waals surface area contributed by atoms with Crippen molar-refractivity contribution in [3.8, 4) is 11.1 Å². The van der Waals surface area contributed by atoms with E-state index in [1.165, 1.54) is 0 Å². The van der Waals surface area contributed by atoms with Gasteiger partial charge in [-0.15, -0.1) is 0 Å². The number of aliphatic carboxylic acids is 2. The van der Waals surface area contributed by atoms with Crippen molar-refractivity contribution in [3.63, 3.8) is 0 Å². The van der Waals surface area contributed by atoms with Crippen LogP contribution in [0.2, 0.25) is 0 Å². The van der Waals surface area contributed by atoms with Gasteiger partial charge in [-0.05, 0) is 72.2 Å². The van der Waals surface area contributed by atoms with E-state index >= 15 is 0 Å². The molecule has 0 saturated carbocycles. The zero-order valence-electron chi connectivity index (χ0n) is 13.5. The van der Waals surface area contributed by atoms with E-state index in [9.17, 15) is 19.8 Å². The third-order valence-corrected chi connectivity index (χ3v) is 5.30. The molecule has 1 aliphatic carbocycles. The van der Waals surface area contributed by atoms with Gasteiger partial charge in [-0.2, -0.15) is 0 Å². The van der Waals surface area contributed by atoms with Gasteiger partial charge in [0.2, 0.25) is 5.41 Å². The monoisotopic (exact) mass is 310 g/mol. The molecule has 2 N–H and O–H groups in total. The molecule has 0 amide bonds. The zero-order valence-corrected chi connectivity index (χ0v) is 13.5. The summed E-state index contributed by atoms with van der Waals surface area (Å²) in [5.74, 6) is -2.69. The minimum absolute atomic E-state index is 0.339. The van der Waals surface area contributed by atoms with E-state index in [1.807, 2.05) is 39.8 Å². The number of carboxylic acids is 2. The van der Waals surface area contributed by atoms with E-state index in [2.05, 4.69) is 0 Å². The van der Waals surface area contributed by atoms with Crippen LogP contribution >= 0.6 is 0 Å². The smallest absolute Gasteiger partial charge is 0.330 e. The van der Waals surface area contributed by atoms with Gasteiger partial charge in [-0.1, -0.05) is 24.3 Å². The number of rotatable bonds is 2. The van der Waals surface area contributed by atoms with Crippen molar-refractivity contribution in [2.75, 3.05) is 0 Å². The van der Waals surface area contributed by atoms with Crippen LogP contribution in [0.15, 0.2) is 24.3 Å². The van der Waals surface area contributed by atoms with Crippen molar-refractivity contribution in [1.82, 2.24) is 0 Å². The third kappa shape index (κ3) is 1.61. The minimum atomic E-state index is -2.04. The van der Waals surface area contributed by atoms with Crippen LogP contribution in [0.25, 0.3) is 11.1 Å². The van der Waals surface area contributed by atoms with Crippen molar-refractivity contribution in [2.24, 2.45) is 0 Å². The van der Waals surface area contributed by atoms with Gasteiger partial charge in [0.25, 0.3) is 0 Å². The van der Waals surface area contributed by atoms with Gasteiger partial charge in [0.15, 0.2) is 0 Å². The van der Waals surface area contributed by atoms with Gasteiger partial charge in [0.05, 0.1) is 0 Å². The summed E-state index contributed by atoms with van der Waals surface area (Å²) in [7, 11) is 0. The zero-order chi connectivity index (χ0) is 17.1. The highest BCUT2D eigenvalue weighted by Gasteiger charge is 2.57. The second-order valence-electron chi connectivity index (χ2n) is 6.16. The van der Waals surface area contributed by atoms with Gasteiger partial charge in [-0.3, -0.25) is 9.59 Å². The van der Waals surface area contributed by atoms with E-state index in [4.69, 9.17) is 0 Å². The second-order valence-corrected chi connectivity index (χ2v) is 6.16. The molecule has 0 fully saturated rings. The fourth-order valence-electron chi connectivity index (χ4n) is 3.82. The van der Waals surface area contributed by atoms with Crippen molar-refractivity contribution in [2.45, 2.75) is 33.1 Å². The molecule has 23 heavy (non-hydrogen) atoms. The van der Waals surface area contributed by atoms with E-state index in [0.717, 1.165) is 27.8 Å². The summed E-state index contributed by atoms with van der Waals surface area (Å²) in [5, 5.41) is 19.8. The summed E-state index contributed by atoms with van der Waals surface area (Å²) in [6.07, 6.45) is 0. The van der Waals surface area contributed by atoms with Gasteiger partial charge in [0, 0.05) is 0 Å². The highest BCUT2D eigenvalue weighted by molar-refractivity contribution is 6.15. The van der Waals surface area contributed by atoms with Crippen LogP contribution in [0.4, 0.5) is 0 Å². The molecule has 4 nitrogen and oxygen atoms in total. The number of carboxylic acid groups (broad SMARTS) is 2. The molecule has 0 aromatic heterocycles. The summed E-state index contributed by atoms with van der Waals surface area (Å²) in [6.45, 7) is 7.64. The molecule has 4 heteroatoms. The second kappa shape index (κ2) is 4.69. The van der Waals surface area contributed by atoms with E-state index in [1.54, 1.807) is 12.1 Å². The Morgan fingerprint density at radius 1 is 0.826 bits per heavy atom. The Hall–Kier alpha value is -2.62. The largest absolute Gasteiger partial charge is 0.480 e. The molecular weight excluding hydrogens is 292 g/mol. The predicted molar refractivity (Wildman–Crippen MR) is 86.9 cm³/mol. The van der Waals surface area contributed by atoms with Crippen molar-refractivity contribution < 1.29 is 19.8 Å².